The van der Waals surface area contributed by atoms with Crippen LogP contribution in [-0.4, -0.2) is 32.7 Å². The summed E-state index contributed by atoms with van der Waals surface area (Å²) in [4.78, 5) is 14.7. The van der Waals surface area contributed by atoms with E-state index in [9.17, 15) is 5.11 Å². The van der Waals surface area contributed by atoms with Gasteiger partial charge in [-0.2, -0.15) is 0 Å². The van der Waals surface area contributed by atoms with Crippen molar-refractivity contribution in [3.63, 3.8) is 0 Å². The molecular formula is C18H20N4OS. The molecule has 0 spiro atoms. The highest BCUT2D eigenvalue weighted by molar-refractivity contribution is 7.16. The number of thiophene rings is 1. The van der Waals surface area contributed by atoms with Crippen molar-refractivity contribution in [2.45, 2.75) is 31.8 Å². The molecule has 3 aromatic heterocycles. The molecule has 1 aliphatic carbocycles. The average Bonchev–Trinajstić information content (AvgIpc) is 3.10. The summed E-state index contributed by atoms with van der Waals surface area (Å²) in [7, 11) is 0. The van der Waals surface area contributed by atoms with Crippen molar-refractivity contribution in [3.05, 3.63) is 35.8 Å². The van der Waals surface area contributed by atoms with E-state index in [1.807, 2.05) is 23.6 Å². The Balaban J connectivity index is 1.58. The predicted octanol–water partition coefficient (Wildman–Crippen LogP) is 3.72. The Kier molecular flexibility index (Phi) is 4.40. The van der Waals surface area contributed by atoms with E-state index in [1.54, 1.807) is 17.5 Å². The number of hydrogen-bond acceptors (Lipinski definition) is 6. The molecule has 0 aromatic carbocycles. The summed E-state index contributed by atoms with van der Waals surface area (Å²) in [6, 6.07) is 7.84. The highest BCUT2D eigenvalue weighted by Crippen LogP contribution is 2.29. The van der Waals surface area contributed by atoms with Crippen LogP contribution in [0.1, 0.15) is 25.7 Å². The molecule has 4 rings (SSSR count). The second kappa shape index (κ2) is 6.83. The molecule has 0 bridgehead atoms. The molecule has 0 unspecified atom stereocenters. The summed E-state index contributed by atoms with van der Waals surface area (Å²) in [6.07, 6.45) is 5.60. The first kappa shape index (κ1) is 15.5. The standard InChI is InChI=1S/C18H20N4OS/c23-13-6-4-12(5-7-13)11-20-16-14-8-10-24-18(14)22-17(21-16)15-3-1-2-9-19-15/h1-3,8-10,12-13,23H,4-7,11H2,(H,20,21,22). The van der Waals surface area contributed by atoms with E-state index in [1.165, 1.54) is 0 Å². The maximum Gasteiger partial charge on any atom is 0.181 e. The van der Waals surface area contributed by atoms with Gasteiger partial charge < -0.3 is 10.4 Å². The highest BCUT2D eigenvalue weighted by atomic mass is 32.1. The van der Waals surface area contributed by atoms with Gasteiger partial charge in [-0.25, -0.2) is 9.97 Å². The fourth-order valence-corrected chi connectivity index (χ4v) is 3.95. The van der Waals surface area contributed by atoms with Gasteiger partial charge in [-0.05, 0) is 55.2 Å². The summed E-state index contributed by atoms with van der Waals surface area (Å²) in [5.74, 6) is 2.13. The van der Waals surface area contributed by atoms with Crippen LogP contribution in [-0.2, 0) is 0 Å². The Morgan fingerprint density at radius 2 is 2.00 bits per heavy atom. The Morgan fingerprint density at radius 1 is 1.12 bits per heavy atom. The van der Waals surface area contributed by atoms with E-state index in [0.29, 0.717) is 11.7 Å². The molecule has 24 heavy (non-hydrogen) atoms. The smallest absolute Gasteiger partial charge is 0.181 e. The van der Waals surface area contributed by atoms with E-state index in [-0.39, 0.29) is 6.10 Å². The number of nitrogens with one attached hydrogen (secondary N) is 1. The number of fused-ring (bicyclic) bond motifs is 1. The molecule has 6 heteroatoms. The average molecular weight is 340 g/mol. The molecule has 3 aromatic rings. The van der Waals surface area contributed by atoms with Gasteiger partial charge in [0.1, 0.15) is 16.3 Å². The molecule has 2 N–H and O–H groups in total. The van der Waals surface area contributed by atoms with Crippen LogP contribution >= 0.6 is 11.3 Å². The maximum atomic E-state index is 9.64. The zero-order valence-electron chi connectivity index (χ0n) is 13.4. The normalized spacial score (nSPS) is 21.0. The van der Waals surface area contributed by atoms with Crippen LogP contribution in [0.4, 0.5) is 5.82 Å². The second-order valence-corrected chi connectivity index (χ2v) is 7.20. The summed E-state index contributed by atoms with van der Waals surface area (Å²) < 4.78 is 0. The van der Waals surface area contributed by atoms with E-state index < -0.39 is 0 Å². The summed E-state index contributed by atoms with van der Waals surface area (Å²) in [6.45, 7) is 0.885. The van der Waals surface area contributed by atoms with Crippen LogP contribution in [0.5, 0.6) is 0 Å². The van der Waals surface area contributed by atoms with E-state index in [4.69, 9.17) is 4.98 Å². The Bertz CT molecular complexity index is 812. The van der Waals surface area contributed by atoms with Crippen molar-refractivity contribution in [2.75, 3.05) is 11.9 Å². The summed E-state index contributed by atoms with van der Waals surface area (Å²) >= 11 is 1.62. The Morgan fingerprint density at radius 3 is 2.79 bits per heavy atom. The second-order valence-electron chi connectivity index (χ2n) is 6.31. The number of rotatable bonds is 4. The number of anilines is 1. The third kappa shape index (κ3) is 3.25. The molecule has 1 fully saturated rings. The predicted molar refractivity (Wildman–Crippen MR) is 97.1 cm³/mol. The van der Waals surface area contributed by atoms with Gasteiger partial charge in [-0.15, -0.1) is 11.3 Å². The van der Waals surface area contributed by atoms with Gasteiger partial charge in [0.05, 0.1) is 11.5 Å². The molecule has 0 atom stereocenters. The number of pyridine rings is 1. The third-order valence-corrected chi connectivity index (χ3v) is 5.40. The first-order valence-corrected chi connectivity index (χ1v) is 9.26. The number of nitrogens with zero attached hydrogens (tertiary/aromatic N) is 3. The van der Waals surface area contributed by atoms with Crippen LogP contribution in [0.3, 0.4) is 0 Å². The van der Waals surface area contributed by atoms with Crippen LogP contribution in [0.15, 0.2) is 35.8 Å². The van der Waals surface area contributed by atoms with E-state index in [2.05, 4.69) is 21.4 Å². The quantitative estimate of drug-likeness (QED) is 0.757. The van der Waals surface area contributed by atoms with Crippen molar-refractivity contribution in [3.8, 4) is 11.5 Å². The van der Waals surface area contributed by atoms with Gasteiger partial charge in [0.2, 0.25) is 0 Å². The van der Waals surface area contributed by atoms with Crippen LogP contribution in [0, 0.1) is 5.92 Å². The number of aromatic nitrogens is 3. The molecule has 1 saturated carbocycles. The minimum Gasteiger partial charge on any atom is -0.393 e. The van der Waals surface area contributed by atoms with Gasteiger partial charge in [0.15, 0.2) is 5.82 Å². The molecule has 0 aliphatic heterocycles. The largest absolute Gasteiger partial charge is 0.393 e. The van der Waals surface area contributed by atoms with Crippen molar-refractivity contribution in [1.29, 1.82) is 0 Å². The number of aliphatic hydroxyl groups excluding tert-OH is 1. The summed E-state index contributed by atoms with van der Waals surface area (Å²) in [5, 5.41) is 16.3. The molecule has 3 heterocycles. The number of aliphatic hydroxyl groups is 1. The minimum absolute atomic E-state index is 0.111. The lowest BCUT2D eigenvalue weighted by molar-refractivity contribution is 0.111. The van der Waals surface area contributed by atoms with Crippen molar-refractivity contribution < 1.29 is 5.11 Å². The lowest BCUT2D eigenvalue weighted by atomic mass is 9.87. The van der Waals surface area contributed by atoms with Crippen molar-refractivity contribution in [2.24, 2.45) is 5.92 Å². The maximum absolute atomic E-state index is 9.64. The van der Waals surface area contributed by atoms with Crippen LogP contribution in [0.25, 0.3) is 21.7 Å². The molecule has 0 amide bonds. The Labute approximate surface area is 144 Å². The van der Waals surface area contributed by atoms with Gasteiger partial charge in [-0.1, -0.05) is 6.07 Å². The van der Waals surface area contributed by atoms with Crippen molar-refractivity contribution in [1.82, 2.24) is 15.0 Å². The molecule has 0 saturated heterocycles. The van der Waals surface area contributed by atoms with Gasteiger partial charge in [0, 0.05) is 12.7 Å². The van der Waals surface area contributed by atoms with Gasteiger partial charge in [0.25, 0.3) is 0 Å². The molecule has 5 nitrogen and oxygen atoms in total. The van der Waals surface area contributed by atoms with Crippen molar-refractivity contribution >= 4 is 27.4 Å². The summed E-state index contributed by atoms with van der Waals surface area (Å²) in [5.41, 5.74) is 0.789. The monoisotopic (exact) mass is 340 g/mol. The molecular weight excluding hydrogens is 320 g/mol. The van der Waals surface area contributed by atoms with E-state index >= 15 is 0 Å². The third-order valence-electron chi connectivity index (χ3n) is 4.59. The molecule has 1 aliphatic rings. The Hall–Kier alpha value is -2.05. The first-order chi connectivity index (χ1) is 11.8. The molecule has 0 radical (unpaired) electrons. The fourth-order valence-electron chi connectivity index (χ4n) is 3.19. The van der Waals surface area contributed by atoms with Crippen LogP contribution in [0.2, 0.25) is 0 Å². The topological polar surface area (TPSA) is 70.9 Å². The zero-order valence-corrected chi connectivity index (χ0v) is 14.2. The minimum atomic E-state index is -0.111. The fraction of sp³-hybridized carbons (Fsp3) is 0.389. The first-order valence-electron chi connectivity index (χ1n) is 8.38. The number of hydrogen-bond donors (Lipinski definition) is 2. The van der Waals surface area contributed by atoms with Gasteiger partial charge >= 0.3 is 0 Å². The van der Waals surface area contributed by atoms with Crippen LogP contribution < -0.4 is 5.32 Å². The van der Waals surface area contributed by atoms with Gasteiger partial charge in [-0.3, -0.25) is 4.98 Å². The highest BCUT2D eigenvalue weighted by Gasteiger charge is 2.20. The zero-order chi connectivity index (χ0) is 16.4. The van der Waals surface area contributed by atoms with E-state index in [0.717, 1.165) is 54.0 Å². The molecule has 124 valence electrons. The lowest BCUT2D eigenvalue weighted by Crippen LogP contribution is -2.23. The lowest BCUT2D eigenvalue weighted by Gasteiger charge is -2.25. The SMILES string of the molecule is OC1CCC(CNc2nc(-c3ccccn3)nc3sccc23)CC1.